The highest BCUT2D eigenvalue weighted by molar-refractivity contribution is 7.10. The van der Waals surface area contributed by atoms with Crippen LogP contribution in [0, 0.1) is 6.92 Å². The van der Waals surface area contributed by atoms with Gasteiger partial charge in [-0.25, -0.2) is 4.98 Å². The van der Waals surface area contributed by atoms with Gasteiger partial charge in [-0.1, -0.05) is 0 Å². The lowest BCUT2D eigenvalue weighted by molar-refractivity contribution is 0.559. The number of rotatable bonds is 6. The molecular formula is C12H18N4S. The molecule has 0 saturated heterocycles. The third-order valence-electron chi connectivity index (χ3n) is 2.80. The van der Waals surface area contributed by atoms with Crippen molar-refractivity contribution in [2.75, 3.05) is 6.54 Å². The maximum absolute atomic E-state index is 4.10. The summed E-state index contributed by atoms with van der Waals surface area (Å²) in [4.78, 5) is 5.54. The maximum Gasteiger partial charge on any atom is 0.137 e. The first kappa shape index (κ1) is 12.3. The summed E-state index contributed by atoms with van der Waals surface area (Å²) < 4.78 is 0. The molecule has 1 unspecified atom stereocenters. The van der Waals surface area contributed by atoms with E-state index in [4.69, 9.17) is 0 Å². The Labute approximate surface area is 105 Å². The second kappa shape index (κ2) is 5.93. The highest BCUT2D eigenvalue weighted by Crippen LogP contribution is 2.23. The highest BCUT2D eigenvalue weighted by atomic mass is 32.1. The average Bonchev–Trinajstić information content (AvgIpc) is 2.95. The molecule has 2 rings (SSSR count). The monoisotopic (exact) mass is 250 g/mol. The van der Waals surface area contributed by atoms with Gasteiger partial charge in [-0.2, -0.15) is 5.10 Å². The van der Waals surface area contributed by atoms with E-state index in [9.17, 15) is 0 Å². The molecule has 4 nitrogen and oxygen atoms in total. The lowest BCUT2D eigenvalue weighted by Gasteiger charge is -2.12. The number of nitrogens with one attached hydrogen (secondary N) is 2. The van der Waals surface area contributed by atoms with Crippen molar-refractivity contribution in [1.82, 2.24) is 20.5 Å². The van der Waals surface area contributed by atoms with E-state index in [2.05, 4.69) is 45.8 Å². The van der Waals surface area contributed by atoms with Crippen LogP contribution in [0.4, 0.5) is 0 Å². The second-order valence-electron chi connectivity index (χ2n) is 4.18. The third-order valence-corrected chi connectivity index (χ3v) is 4.00. The summed E-state index contributed by atoms with van der Waals surface area (Å²) in [5.74, 6) is 0.965. The van der Waals surface area contributed by atoms with E-state index in [1.165, 1.54) is 10.4 Å². The number of hydrogen-bond acceptors (Lipinski definition) is 4. The molecule has 0 aliphatic carbocycles. The van der Waals surface area contributed by atoms with Gasteiger partial charge in [-0.15, -0.1) is 11.3 Å². The molecular weight excluding hydrogens is 232 g/mol. The third kappa shape index (κ3) is 3.38. The zero-order chi connectivity index (χ0) is 12.1. The summed E-state index contributed by atoms with van der Waals surface area (Å²) in [7, 11) is 0. The van der Waals surface area contributed by atoms with Crippen molar-refractivity contribution in [1.29, 1.82) is 0 Å². The minimum absolute atomic E-state index is 0.435. The van der Waals surface area contributed by atoms with Crippen LogP contribution in [-0.2, 0) is 6.42 Å². The Morgan fingerprint density at radius 1 is 1.53 bits per heavy atom. The summed E-state index contributed by atoms with van der Waals surface area (Å²) in [5, 5.41) is 12.4. The van der Waals surface area contributed by atoms with Crippen LogP contribution in [0.2, 0.25) is 0 Å². The van der Waals surface area contributed by atoms with Crippen LogP contribution in [0.5, 0.6) is 0 Å². The molecule has 92 valence electrons. The van der Waals surface area contributed by atoms with Crippen LogP contribution in [-0.4, -0.2) is 21.7 Å². The molecule has 0 bridgehead atoms. The largest absolute Gasteiger partial charge is 0.309 e. The first-order valence-corrected chi connectivity index (χ1v) is 6.77. The molecule has 0 aliphatic heterocycles. The Bertz CT molecular complexity index is 435. The number of hydrogen-bond donors (Lipinski definition) is 2. The highest BCUT2D eigenvalue weighted by Gasteiger charge is 2.08. The Balaban J connectivity index is 1.70. The zero-order valence-electron chi connectivity index (χ0n) is 10.2. The molecule has 2 heterocycles. The molecule has 0 spiro atoms. The number of aryl methyl sites for hydroxylation is 2. The molecule has 5 heteroatoms. The van der Waals surface area contributed by atoms with Gasteiger partial charge in [0, 0.05) is 17.3 Å². The Morgan fingerprint density at radius 3 is 3.06 bits per heavy atom. The molecule has 2 aromatic heterocycles. The SMILES string of the molecule is Cc1ccsc1C(C)NCCCc1ncn[nH]1. The van der Waals surface area contributed by atoms with Gasteiger partial charge >= 0.3 is 0 Å². The fourth-order valence-corrected chi connectivity index (χ4v) is 2.81. The van der Waals surface area contributed by atoms with Crippen LogP contribution in [0.15, 0.2) is 17.8 Å². The first-order chi connectivity index (χ1) is 8.27. The van der Waals surface area contributed by atoms with Crippen LogP contribution in [0.3, 0.4) is 0 Å². The predicted octanol–water partition coefficient (Wildman–Crippen LogP) is 2.46. The molecule has 17 heavy (non-hydrogen) atoms. The molecule has 0 aliphatic rings. The lowest BCUT2D eigenvalue weighted by atomic mass is 10.2. The van der Waals surface area contributed by atoms with Crippen molar-refractivity contribution in [3.05, 3.63) is 34.0 Å². The van der Waals surface area contributed by atoms with Gasteiger partial charge in [0.05, 0.1) is 0 Å². The first-order valence-electron chi connectivity index (χ1n) is 5.89. The van der Waals surface area contributed by atoms with Crippen molar-refractivity contribution >= 4 is 11.3 Å². The van der Waals surface area contributed by atoms with E-state index in [1.807, 2.05) is 11.3 Å². The molecule has 0 radical (unpaired) electrons. The fraction of sp³-hybridized carbons (Fsp3) is 0.500. The molecule has 0 fully saturated rings. The van der Waals surface area contributed by atoms with Gasteiger partial charge in [-0.05, 0) is 43.8 Å². The van der Waals surface area contributed by atoms with Gasteiger partial charge in [0.1, 0.15) is 12.2 Å². The topological polar surface area (TPSA) is 53.6 Å². The molecule has 0 saturated carbocycles. The van der Waals surface area contributed by atoms with Crippen LogP contribution >= 0.6 is 11.3 Å². The van der Waals surface area contributed by atoms with Gasteiger partial charge in [0.2, 0.25) is 0 Å². The minimum atomic E-state index is 0.435. The maximum atomic E-state index is 4.10. The van der Waals surface area contributed by atoms with Crippen LogP contribution in [0.25, 0.3) is 0 Å². The Kier molecular flexibility index (Phi) is 4.28. The van der Waals surface area contributed by atoms with E-state index in [0.717, 1.165) is 25.2 Å². The summed E-state index contributed by atoms with van der Waals surface area (Å²) in [6, 6.07) is 2.61. The lowest BCUT2D eigenvalue weighted by Crippen LogP contribution is -2.20. The Morgan fingerprint density at radius 2 is 2.41 bits per heavy atom. The van der Waals surface area contributed by atoms with E-state index >= 15 is 0 Å². The van der Waals surface area contributed by atoms with E-state index in [-0.39, 0.29) is 0 Å². The van der Waals surface area contributed by atoms with Crippen molar-refractivity contribution < 1.29 is 0 Å². The van der Waals surface area contributed by atoms with Gasteiger partial charge in [-0.3, -0.25) is 5.10 Å². The van der Waals surface area contributed by atoms with Crippen molar-refractivity contribution in [3.8, 4) is 0 Å². The zero-order valence-corrected chi connectivity index (χ0v) is 11.0. The number of aromatic nitrogens is 3. The molecule has 1 atom stereocenters. The summed E-state index contributed by atoms with van der Waals surface area (Å²) in [5.41, 5.74) is 1.38. The minimum Gasteiger partial charge on any atom is -0.309 e. The summed E-state index contributed by atoms with van der Waals surface area (Å²) in [6.07, 6.45) is 3.58. The number of aromatic amines is 1. The van der Waals surface area contributed by atoms with Crippen LogP contribution < -0.4 is 5.32 Å². The van der Waals surface area contributed by atoms with Gasteiger partial charge in [0.15, 0.2) is 0 Å². The average molecular weight is 250 g/mol. The standard InChI is InChI=1S/C12H18N4S/c1-9-5-7-17-12(9)10(2)13-6-3-4-11-14-8-15-16-11/h5,7-8,10,13H,3-4,6H2,1-2H3,(H,14,15,16). The second-order valence-corrected chi connectivity index (χ2v) is 5.13. The van der Waals surface area contributed by atoms with Crippen molar-refractivity contribution in [2.24, 2.45) is 0 Å². The van der Waals surface area contributed by atoms with E-state index in [0.29, 0.717) is 6.04 Å². The molecule has 0 amide bonds. The van der Waals surface area contributed by atoms with Gasteiger partial charge in [0.25, 0.3) is 0 Å². The smallest absolute Gasteiger partial charge is 0.137 e. The summed E-state index contributed by atoms with van der Waals surface area (Å²) in [6.45, 7) is 5.38. The van der Waals surface area contributed by atoms with Crippen molar-refractivity contribution in [3.63, 3.8) is 0 Å². The normalized spacial score (nSPS) is 12.8. The van der Waals surface area contributed by atoms with Crippen molar-refractivity contribution in [2.45, 2.75) is 32.7 Å². The number of nitrogens with zero attached hydrogens (tertiary/aromatic N) is 2. The van der Waals surface area contributed by atoms with E-state index < -0.39 is 0 Å². The fourth-order valence-electron chi connectivity index (χ4n) is 1.85. The number of thiophene rings is 1. The van der Waals surface area contributed by atoms with E-state index in [1.54, 1.807) is 6.33 Å². The summed E-state index contributed by atoms with van der Waals surface area (Å²) >= 11 is 1.82. The van der Waals surface area contributed by atoms with Crippen LogP contribution in [0.1, 0.15) is 35.7 Å². The Hall–Kier alpha value is -1.20. The number of H-pyrrole nitrogens is 1. The molecule has 0 aromatic carbocycles. The molecule has 2 N–H and O–H groups in total. The quantitative estimate of drug-likeness (QED) is 0.774. The predicted molar refractivity (Wildman–Crippen MR) is 70.2 cm³/mol. The van der Waals surface area contributed by atoms with Gasteiger partial charge < -0.3 is 5.32 Å². The molecule has 2 aromatic rings.